The van der Waals surface area contributed by atoms with Gasteiger partial charge in [0.15, 0.2) is 5.60 Å². The third-order valence-corrected chi connectivity index (χ3v) is 8.29. The van der Waals surface area contributed by atoms with Crippen LogP contribution in [0, 0.1) is 17.3 Å². The summed E-state index contributed by atoms with van der Waals surface area (Å²) in [5.41, 5.74) is 2.25. The van der Waals surface area contributed by atoms with Crippen LogP contribution in [0.15, 0.2) is 120 Å². The van der Waals surface area contributed by atoms with Gasteiger partial charge in [0, 0.05) is 44.7 Å². The Morgan fingerprint density at radius 2 is 1.47 bits per heavy atom. The molecule has 6 rings (SSSR count). The Hall–Kier alpha value is -3.62. The molecule has 1 aliphatic carbocycles. The average Bonchev–Trinajstić information content (AvgIpc) is 3.71. The van der Waals surface area contributed by atoms with Crippen LogP contribution >= 0.6 is 15.9 Å². The third-order valence-electron chi connectivity index (χ3n) is 7.77. The van der Waals surface area contributed by atoms with E-state index in [0.717, 1.165) is 26.5 Å². The molecule has 1 heterocycles. The lowest BCUT2D eigenvalue weighted by Gasteiger charge is -2.36. The van der Waals surface area contributed by atoms with Crippen molar-refractivity contribution in [3.8, 4) is 11.8 Å². The fourth-order valence-electron chi connectivity index (χ4n) is 5.53. The molecule has 3 nitrogen and oxygen atoms in total. The minimum atomic E-state index is -1.52. The zero-order chi connectivity index (χ0) is 26.2. The largest absolute Gasteiger partial charge is 0.388 e. The van der Waals surface area contributed by atoms with Gasteiger partial charge >= 0.3 is 0 Å². The predicted molar refractivity (Wildman–Crippen MR) is 155 cm³/mol. The number of para-hydroxylation sites is 1. The Morgan fingerprint density at radius 1 is 0.842 bits per heavy atom. The maximum Gasteiger partial charge on any atom is 0.159 e. The third kappa shape index (κ3) is 4.37. The molecule has 0 spiro atoms. The van der Waals surface area contributed by atoms with Crippen molar-refractivity contribution in [3.05, 3.63) is 142 Å². The molecule has 0 aliphatic heterocycles. The molecule has 5 aromatic rings. The maximum absolute atomic E-state index is 12.4. The highest BCUT2D eigenvalue weighted by Gasteiger charge is 2.64. The number of hydrogen-bond donors (Lipinski definition) is 2. The molecular formula is C34H28BrNO2. The van der Waals surface area contributed by atoms with Crippen LogP contribution < -0.4 is 0 Å². The van der Waals surface area contributed by atoms with E-state index in [4.69, 9.17) is 0 Å². The number of rotatable bonds is 6. The second-order valence-corrected chi connectivity index (χ2v) is 11.0. The zero-order valence-corrected chi connectivity index (χ0v) is 22.5. The van der Waals surface area contributed by atoms with E-state index < -0.39 is 17.1 Å². The second kappa shape index (κ2) is 9.93. The van der Waals surface area contributed by atoms with Crippen molar-refractivity contribution < 1.29 is 10.2 Å². The number of benzene rings is 4. The van der Waals surface area contributed by atoms with Gasteiger partial charge in [-0.3, -0.25) is 0 Å². The Balaban J connectivity index is 1.45. The molecular weight excluding hydrogens is 534 g/mol. The maximum atomic E-state index is 12.4. The van der Waals surface area contributed by atoms with Crippen molar-refractivity contribution in [1.82, 2.24) is 4.57 Å². The first-order valence-corrected chi connectivity index (χ1v) is 13.7. The van der Waals surface area contributed by atoms with E-state index in [1.165, 1.54) is 5.56 Å². The van der Waals surface area contributed by atoms with E-state index in [2.05, 4.69) is 62.8 Å². The number of aliphatic hydroxyl groups is 2. The molecule has 4 aromatic carbocycles. The molecule has 0 bridgehead atoms. The van der Waals surface area contributed by atoms with Crippen LogP contribution in [-0.2, 0) is 12.1 Å². The van der Waals surface area contributed by atoms with E-state index in [1.807, 2.05) is 84.9 Å². The van der Waals surface area contributed by atoms with Gasteiger partial charge in [0.1, 0.15) is 0 Å². The second-order valence-electron chi connectivity index (χ2n) is 10.1. The van der Waals surface area contributed by atoms with Crippen LogP contribution in [0.5, 0.6) is 0 Å². The zero-order valence-electron chi connectivity index (χ0n) is 20.9. The van der Waals surface area contributed by atoms with Crippen molar-refractivity contribution in [2.45, 2.75) is 31.1 Å². The molecule has 38 heavy (non-hydrogen) atoms. The van der Waals surface area contributed by atoms with Gasteiger partial charge in [0.2, 0.25) is 0 Å². The lowest BCUT2D eigenvalue weighted by atomic mass is 9.73. The predicted octanol–water partition coefficient (Wildman–Crippen LogP) is 7.21. The van der Waals surface area contributed by atoms with Gasteiger partial charge in [0.25, 0.3) is 0 Å². The molecule has 2 N–H and O–H groups in total. The number of halogens is 1. The molecule has 2 atom stereocenters. The van der Waals surface area contributed by atoms with E-state index >= 15 is 0 Å². The van der Waals surface area contributed by atoms with Gasteiger partial charge in [-0.25, -0.2) is 0 Å². The van der Waals surface area contributed by atoms with E-state index in [-0.39, 0.29) is 0 Å². The summed E-state index contributed by atoms with van der Waals surface area (Å²) in [6.45, 7) is 0.702. The standard InChI is InChI=1S/C34H28BrNO2/c35-28-17-15-25(16-18-28)19-20-34(38,27-11-5-2-6-12-27)33(21-22-33)32(37)30-24-36(23-26-9-3-1-4-10-26)31-14-8-7-13-29(30)31/h1-18,24,32,37-38H,21-23H2. The lowest BCUT2D eigenvalue weighted by Crippen LogP contribution is -2.39. The Morgan fingerprint density at radius 3 is 2.16 bits per heavy atom. The summed E-state index contributed by atoms with van der Waals surface area (Å²) in [4.78, 5) is 0. The molecule has 0 radical (unpaired) electrons. The van der Waals surface area contributed by atoms with E-state index in [0.29, 0.717) is 24.9 Å². The minimum absolute atomic E-state index is 0.673. The van der Waals surface area contributed by atoms with Crippen molar-refractivity contribution in [1.29, 1.82) is 0 Å². The fourth-order valence-corrected chi connectivity index (χ4v) is 5.79. The van der Waals surface area contributed by atoms with Crippen molar-refractivity contribution in [2.75, 3.05) is 0 Å². The Bertz CT molecular complexity index is 1630. The average molecular weight is 563 g/mol. The smallest absolute Gasteiger partial charge is 0.159 e. The van der Waals surface area contributed by atoms with Crippen LogP contribution in [0.4, 0.5) is 0 Å². The number of aromatic nitrogens is 1. The molecule has 1 aromatic heterocycles. The highest BCUT2D eigenvalue weighted by molar-refractivity contribution is 9.10. The first kappa shape index (κ1) is 24.7. The molecule has 1 aliphatic rings. The Kier molecular flexibility index (Phi) is 6.45. The van der Waals surface area contributed by atoms with Gasteiger partial charge in [-0.15, -0.1) is 0 Å². The number of fused-ring (bicyclic) bond motifs is 1. The summed E-state index contributed by atoms with van der Waals surface area (Å²) in [5.74, 6) is 6.42. The quantitative estimate of drug-likeness (QED) is 0.215. The first-order valence-electron chi connectivity index (χ1n) is 12.9. The fraction of sp³-hybridized carbons (Fsp3) is 0.176. The molecule has 2 unspecified atom stereocenters. The first-order chi connectivity index (χ1) is 18.5. The van der Waals surface area contributed by atoms with Crippen LogP contribution in [0.1, 0.15) is 41.2 Å². The molecule has 4 heteroatoms. The summed E-state index contributed by atoms with van der Waals surface area (Å²) >= 11 is 3.47. The Labute approximate surface area is 231 Å². The summed E-state index contributed by atoms with van der Waals surface area (Å²) in [6, 6.07) is 35.8. The van der Waals surface area contributed by atoms with Gasteiger partial charge in [-0.05, 0) is 54.3 Å². The summed E-state index contributed by atoms with van der Waals surface area (Å²) in [7, 11) is 0. The van der Waals surface area contributed by atoms with E-state index in [1.54, 1.807) is 0 Å². The van der Waals surface area contributed by atoms with Gasteiger partial charge in [-0.2, -0.15) is 0 Å². The van der Waals surface area contributed by atoms with Crippen molar-refractivity contribution >= 4 is 26.8 Å². The molecule has 1 fully saturated rings. The summed E-state index contributed by atoms with van der Waals surface area (Å²) < 4.78 is 3.16. The number of hydrogen-bond acceptors (Lipinski definition) is 2. The van der Waals surface area contributed by atoms with Crippen LogP contribution in [0.2, 0.25) is 0 Å². The van der Waals surface area contributed by atoms with Crippen molar-refractivity contribution in [2.24, 2.45) is 5.41 Å². The van der Waals surface area contributed by atoms with Crippen LogP contribution in [-0.4, -0.2) is 14.8 Å². The number of nitrogens with zero attached hydrogens (tertiary/aromatic N) is 1. The molecule has 0 amide bonds. The van der Waals surface area contributed by atoms with Gasteiger partial charge in [-0.1, -0.05) is 107 Å². The highest BCUT2D eigenvalue weighted by atomic mass is 79.9. The van der Waals surface area contributed by atoms with Crippen molar-refractivity contribution in [3.63, 3.8) is 0 Å². The monoisotopic (exact) mass is 561 g/mol. The molecule has 0 saturated heterocycles. The number of aliphatic hydroxyl groups excluding tert-OH is 1. The van der Waals surface area contributed by atoms with E-state index in [9.17, 15) is 10.2 Å². The normalized spacial score (nSPS) is 16.3. The minimum Gasteiger partial charge on any atom is -0.388 e. The molecule has 1 saturated carbocycles. The van der Waals surface area contributed by atoms with Gasteiger partial charge in [0.05, 0.1) is 6.10 Å². The SMILES string of the molecule is OC(c1cn(Cc2ccccc2)c2ccccc12)C1(C(O)(C#Cc2ccc(Br)cc2)c2ccccc2)CC1. The molecule has 188 valence electrons. The lowest BCUT2D eigenvalue weighted by molar-refractivity contribution is -0.0555. The highest BCUT2D eigenvalue weighted by Crippen LogP contribution is 2.65. The topological polar surface area (TPSA) is 45.4 Å². The summed E-state index contributed by atoms with van der Waals surface area (Å²) in [6.07, 6.45) is 2.50. The summed E-state index contributed by atoms with van der Waals surface area (Å²) in [5, 5.41) is 25.5. The van der Waals surface area contributed by atoms with Crippen LogP contribution in [0.3, 0.4) is 0 Å². The van der Waals surface area contributed by atoms with Gasteiger partial charge < -0.3 is 14.8 Å². The van der Waals surface area contributed by atoms with Crippen LogP contribution in [0.25, 0.3) is 10.9 Å².